The van der Waals surface area contributed by atoms with Gasteiger partial charge in [-0.3, -0.25) is 9.71 Å². The third kappa shape index (κ3) is 3.00. The van der Waals surface area contributed by atoms with Gasteiger partial charge >= 0.3 is 5.97 Å². The van der Waals surface area contributed by atoms with Crippen molar-refractivity contribution < 1.29 is 18.3 Å². The van der Waals surface area contributed by atoms with Crippen LogP contribution in [0.1, 0.15) is 12.8 Å². The maximum Gasteiger partial charge on any atom is 0.356 e. The molecule has 2 rings (SSSR count). The Kier molecular flexibility index (Phi) is 3.66. The molecule has 0 amide bonds. The lowest BCUT2D eigenvalue weighted by Crippen LogP contribution is -2.26. The molecule has 0 atom stereocenters. The molecule has 0 fully saturated rings. The first-order chi connectivity index (χ1) is 9.00. The Morgan fingerprint density at radius 1 is 1.26 bits per heavy atom. The Morgan fingerprint density at radius 2 is 1.95 bits per heavy atom. The molecule has 0 bridgehead atoms. The van der Waals surface area contributed by atoms with E-state index >= 15 is 0 Å². The summed E-state index contributed by atoms with van der Waals surface area (Å²) in [5, 5.41) is 8.97. The second kappa shape index (κ2) is 5.23. The van der Waals surface area contributed by atoms with Gasteiger partial charge in [0, 0.05) is 6.21 Å². The number of aliphatic imine (C=N–C) groups is 1. The highest BCUT2D eigenvalue weighted by molar-refractivity contribution is 7.89. The molecule has 6 nitrogen and oxygen atoms in total. The maximum atomic E-state index is 12.1. The van der Waals surface area contributed by atoms with Crippen molar-refractivity contribution >= 4 is 22.2 Å². The first kappa shape index (κ1) is 13.3. The van der Waals surface area contributed by atoms with E-state index in [0.29, 0.717) is 12.8 Å². The summed E-state index contributed by atoms with van der Waals surface area (Å²) >= 11 is 0. The van der Waals surface area contributed by atoms with E-state index < -0.39 is 16.0 Å². The number of hydrogen-bond donors (Lipinski definition) is 2. The van der Waals surface area contributed by atoms with Crippen LogP contribution in [0.2, 0.25) is 0 Å². The second-order valence-electron chi connectivity index (χ2n) is 3.90. The fourth-order valence-electron chi connectivity index (χ4n) is 1.67. The number of carboxylic acid groups (broad SMARTS) is 1. The van der Waals surface area contributed by atoms with Gasteiger partial charge in [-0.05, 0) is 25.0 Å². The summed E-state index contributed by atoms with van der Waals surface area (Å²) in [5.41, 5.74) is -0.149. The quantitative estimate of drug-likeness (QED) is 0.864. The molecule has 19 heavy (non-hydrogen) atoms. The summed E-state index contributed by atoms with van der Waals surface area (Å²) < 4.78 is 26.5. The predicted octanol–water partition coefficient (Wildman–Crippen LogP) is 1.13. The molecule has 0 aromatic heterocycles. The van der Waals surface area contributed by atoms with Gasteiger partial charge in [-0.1, -0.05) is 18.2 Å². The third-order valence-corrected chi connectivity index (χ3v) is 3.95. The minimum atomic E-state index is -3.77. The van der Waals surface area contributed by atoms with Crippen LogP contribution in [0.4, 0.5) is 0 Å². The molecule has 1 aromatic rings. The second-order valence-corrected chi connectivity index (χ2v) is 5.58. The number of carboxylic acids is 1. The van der Waals surface area contributed by atoms with Gasteiger partial charge in [-0.25, -0.2) is 13.2 Å². The number of sulfonamides is 1. The summed E-state index contributed by atoms with van der Waals surface area (Å²) in [6.07, 6.45) is 2.27. The van der Waals surface area contributed by atoms with Crippen LogP contribution in [0.15, 0.2) is 51.6 Å². The van der Waals surface area contributed by atoms with Gasteiger partial charge in [-0.15, -0.1) is 0 Å². The van der Waals surface area contributed by atoms with Crippen molar-refractivity contribution in [3.05, 3.63) is 41.7 Å². The lowest BCUT2D eigenvalue weighted by molar-refractivity contribution is -0.132. The van der Waals surface area contributed by atoms with Crippen LogP contribution in [-0.4, -0.2) is 25.7 Å². The zero-order valence-electron chi connectivity index (χ0n) is 9.91. The van der Waals surface area contributed by atoms with Crippen LogP contribution in [0.5, 0.6) is 0 Å². The van der Waals surface area contributed by atoms with Crippen molar-refractivity contribution in [2.24, 2.45) is 4.99 Å². The summed E-state index contributed by atoms with van der Waals surface area (Å²) in [6.45, 7) is 0. The Labute approximate surface area is 110 Å². The van der Waals surface area contributed by atoms with Crippen LogP contribution in [0.3, 0.4) is 0 Å². The topological polar surface area (TPSA) is 95.8 Å². The number of benzene rings is 1. The molecule has 7 heteroatoms. The van der Waals surface area contributed by atoms with Crippen LogP contribution >= 0.6 is 0 Å². The number of rotatable bonds is 4. The van der Waals surface area contributed by atoms with Crippen LogP contribution in [0.25, 0.3) is 0 Å². The minimum absolute atomic E-state index is 0.0850. The number of nitrogens with one attached hydrogen (secondary N) is 1. The average molecular weight is 280 g/mol. The first-order valence-corrected chi connectivity index (χ1v) is 7.06. The average Bonchev–Trinajstić information content (AvgIpc) is 2.39. The minimum Gasteiger partial charge on any atom is -0.476 e. The van der Waals surface area contributed by atoms with E-state index in [4.69, 9.17) is 5.11 Å². The molecule has 100 valence electrons. The van der Waals surface area contributed by atoms with Crippen molar-refractivity contribution in [1.29, 1.82) is 0 Å². The van der Waals surface area contributed by atoms with Gasteiger partial charge in [0.25, 0.3) is 10.0 Å². The maximum absolute atomic E-state index is 12.1. The van der Waals surface area contributed by atoms with Crippen LogP contribution in [-0.2, 0) is 14.8 Å². The zero-order chi connectivity index (χ0) is 13.9. The number of hydrogen-bond acceptors (Lipinski definition) is 4. The molecule has 1 aliphatic heterocycles. The van der Waals surface area contributed by atoms with Gasteiger partial charge < -0.3 is 5.11 Å². The van der Waals surface area contributed by atoms with E-state index in [1.807, 2.05) is 0 Å². The monoisotopic (exact) mass is 280 g/mol. The van der Waals surface area contributed by atoms with Gasteiger partial charge in [0.15, 0.2) is 5.70 Å². The molecular formula is C12H12N2O4S. The van der Waals surface area contributed by atoms with E-state index in [1.165, 1.54) is 18.3 Å². The van der Waals surface area contributed by atoms with E-state index in [2.05, 4.69) is 9.71 Å². The van der Waals surface area contributed by atoms with Gasteiger partial charge in [0.2, 0.25) is 0 Å². The van der Waals surface area contributed by atoms with Crippen molar-refractivity contribution in [3.63, 3.8) is 0 Å². The van der Waals surface area contributed by atoms with Crippen LogP contribution in [0, 0.1) is 0 Å². The van der Waals surface area contributed by atoms with Crippen molar-refractivity contribution in [2.75, 3.05) is 0 Å². The smallest absolute Gasteiger partial charge is 0.356 e. The fourth-order valence-corrected chi connectivity index (χ4v) is 2.82. The first-order valence-electron chi connectivity index (χ1n) is 5.57. The van der Waals surface area contributed by atoms with Crippen LogP contribution < -0.4 is 4.72 Å². The highest BCUT2D eigenvalue weighted by Gasteiger charge is 2.22. The number of nitrogens with zero attached hydrogens (tertiary/aromatic N) is 1. The Bertz CT molecular complexity index is 648. The number of aliphatic carboxylic acids is 1. The normalized spacial score (nSPS) is 15.4. The standard InChI is InChI=1S/C12H12N2O4S/c15-12(16)11-10(7-4-8-13-11)14-19(17,18)9-5-2-1-3-6-9/h1-3,5-6,8,14H,4,7H2,(H,15,16). The third-order valence-electron chi connectivity index (χ3n) is 2.54. The lowest BCUT2D eigenvalue weighted by atomic mass is 10.2. The van der Waals surface area contributed by atoms with Gasteiger partial charge in [0.05, 0.1) is 10.6 Å². The number of carbonyl (C=O) groups is 1. The van der Waals surface area contributed by atoms with E-state index in [-0.39, 0.29) is 16.3 Å². The molecule has 0 saturated heterocycles. The predicted molar refractivity (Wildman–Crippen MR) is 69.2 cm³/mol. The Hall–Kier alpha value is -2.15. The molecule has 0 saturated carbocycles. The summed E-state index contributed by atoms with van der Waals surface area (Å²) in [6, 6.07) is 7.77. The van der Waals surface area contributed by atoms with Crippen molar-refractivity contribution in [1.82, 2.24) is 4.72 Å². The van der Waals surface area contributed by atoms with E-state index in [1.54, 1.807) is 18.2 Å². The molecule has 0 unspecified atom stereocenters. The number of allylic oxidation sites excluding steroid dienone is 1. The SMILES string of the molecule is O=C(O)C1=C(NS(=O)(=O)c2ccccc2)CCC=N1. The molecule has 1 aliphatic rings. The Morgan fingerprint density at radius 3 is 2.58 bits per heavy atom. The fraction of sp³-hybridized carbons (Fsp3) is 0.167. The summed E-state index contributed by atoms with van der Waals surface area (Å²) in [5.74, 6) is -1.25. The van der Waals surface area contributed by atoms with Crippen molar-refractivity contribution in [2.45, 2.75) is 17.7 Å². The molecule has 1 aromatic carbocycles. The Balaban J connectivity index is 2.35. The lowest BCUT2D eigenvalue weighted by Gasteiger charge is -2.15. The summed E-state index contributed by atoms with van der Waals surface area (Å²) in [7, 11) is -3.77. The molecule has 2 N–H and O–H groups in total. The molecule has 1 heterocycles. The zero-order valence-corrected chi connectivity index (χ0v) is 10.7. The highest BCUT2D eigenvalue weighted by atomic mass is 32.2. The summed E-state index contributed by atoms with van der Waals surface area (Å²) in [4.78, 5) is 14.8. The van der Waals surface area contributed by atoms with Gasteiger partial charge in [-0.2, -0.15) is 0 Å². The molecule has 0 radical (unpaired) electrons. The molecule has 0 spiro atoms. The van der Waals surface area contributed by atoms with Gasteiger partial charge in [0.1, 0.15) is 0 Å². The molecule has 0 aliphatic carbocycles. The van der Waals surface area contributed by atoms with E-state index in [0.717, 1.165) is 0 Å². The van der Waals surface area contributed by atoms with Crippen molar-refractivity contribution in [3.8, 4) is 0 Å². The van der Waals surface area contributed by atoms with E-state index in [9.17, 15) is 13.2 Å². The largest absolute Gasteiger partial charge is 0.476 e. The molecular weight excluding hydrogens is 268 g/mol. The highest BCUT2D eigenvalue weighted by Crippen LogP contribution is 2.18.